The number of fused-ring (bicyclic) bond motifs is 5. The molecule has 0 aromatic rings. The van der Waals surface area contributed by atoms with Crippen molar-refractivity contribution in [2.45, 2.75) is 65.2 Å². The van der Waals surface area contributed by atoms with Gasteiger partial charge in [-0.25, -0.2) is 0 Å². The number of rotatable bonds is 1. The quantitative estimate of drug-likeness (QED) is 0.695. The van der Waals surface area contributed by atoms with Crippen molar-refractivity contribution in [3.8, 4) is 0 Å². The molecule has 7 atom stereocenters. The van der Waals surface area contributed by atoms with E-state index in [1.807, 2.05) is 0 Å². The van der Waals surface area contributed by atoms with Crippen molar-refractivity contribution < 1.29 is 14.4 Å². The second kappa shape index (κ2) is 5.00. The second-order valence-corrected chi connectivity index (χ2v) is 9.19. The van der Waals surface area contributed by atoms with E-state index in [1.54, 1.807) is 0 Å². The van der Waals surface area contributed by atoms with Gasteiger partial charge < -0.3 is 4.79 Å². The summed E-state index contributed by atoms with van der Waals surface area (Å²) in [6.07, 6.45) is 8.23. The predicted molar refractivity (Wildman–Crippen MR) is 86.7 cm³/mol. The standard InChI is InChI=1S/C20H28O3/c1-19-7-5-12(11-21)9-16(19)17(22)10-13-14-3-4-18(23)20(14,2)8-6-15(13)19/h11-16H,3-10H2,1-2H3. The summed E-state index contributed by atoms with van der Waals surface area (Å²) in [7, 11) is 0. The number of ketones is 2. The first kappa shape index (κ1) is 15.5. The minimum atomic E-state index is -0.162. The molecule has 0 bridgehead atoms. The summed E-state index contributed by atoms with van der Waals surface area (Å²) in [5, 5.41) is 0. The lowest BCUT2D eigenvalue weighted by Gasteiger charge is -2.59. The molecule has 4 rings (SSSR count). The zero-order valence-electron chi connectivity index (χ0n) is 14.3. The molecule has 0 radical (unpaired) electrons. The topological polar surface area (TPSA) is 51.2 Å². The summed E-state index contributed by atoms with van der Waals surface area (Å²) in [5.41, 5.74) is -0.100. The van der Waals surface area contributed by atoms with E-state index in [9.17, 15) is 14.4 Å². The van der Waals surface area contributed by atoms with E-state index in [1.165, 1.54) is 0 Å². The Morgan fingerprint density at radius 2 is 1.83 bits per heavy atom. The third kappa shape index (κ3) is 1.97. The molecule has 4 saturated carbocycles. The van der Waals surface area contributed by atoms with E-state index in [4.69, 9.17) is 0 Å². The van der Waals surface area contributed by atoms with Gasteiger partial charge in [-0.1, -0.05) is 13.8 Å². The highest BCUT2D eigenvalue weighted by molar-refractivity contribution is 5.88. The Hall–Kier alpha value is -0.990. The largest absolute Gasteiger partial charge is 0.303 e. The van der Waals surface area contributed by atoms with Gasteiger partial charge in [0.05, 0.1) is 0 Å². The second-order valence-electron chi connectivity index (χ2n) is 9.19. The monoisotopic (exact) mass is 316 g/mol. The van der Waals surface area contributed by atoms with Crippen LogP contribution in [-0.2, 0) is 14.4 Å². The molecule has 3 heteroatoms. The lowest BCUT2D eigenvalue weighted by atomic mass is 9.44. The van der Waals surface area contributed by atoms with Crippen LogP contribution in [0.15, 0.2) is 0 Å². The van der Waals surface area contributed by atoms with E-state index in [0.717, 1.165) is 44.8 Å². The molecule has 0 amide bonds. The predicted octanol–water partition coefficient (Wildman–Crippen LogP) is 3.59. The lowest BCUT2D eigenvalue weighted by Crippen LogP contribution is -2.56. The minimum absolute atomic E-state index is 0.0620. The highest BCUT2D eigenvalue weighted by atomic mass is 16.1. The van der Waals surface area contributed by atoms with Crippen molar-refractivity contribution in [2.75, 3.05) is 0 Å². The van der Waals surface area contributed by atoms with Gasteiger partial charge in [0.15, 0.2) is 0 Å². The fourth-order valence-electron chi connectivity index (χ4n) is 6.96. The molecule has 4 aliphatic rings. The molecular formula is C20H28O3. The van der Waals surface area contributed by atoms with Crippen molar-refractivity contribution in [3.63, 3.8) is 0 Å². The van der Waals surface area contributed by atoms with Gasteiger partial charge in [-0.05, 0) is 61.7 Å². The number of Topliss-reactive ketones (excluding diaryl/α,β-unsaturated/α-hetero) is 2. The number of aldehydes is 1. The number of hydrogen-bond donors (Lipinski definition) is 0. The van der Waals surface area contributed by atoms with Gasteiger partial charge in [-0.15, -0.1) is 0 Å². The molecule has 3 nitrogen and oxygen atoms in total. The van der Waals surface area contributed by atoms with Gasteiger partial charge in [0.1, 0.15) is 17.9 Å². The average Bonchev–Trinajstić information content (AvgIpc) is 2.83. The highest BCUT2D eigenvalue weighted by Gasteiger charge is 2.62. The van der Waals surface area contributed by atoms with Crippen molar-refractivity contribution in [1.29, 1.82) is 0 Å². The molecule has 126 valence electrons. The Bertz CT molecular complexity index is 567. The SMILES string of the molecule is CC12CCC3C(CC(=O)C4CC(C=O)CCC43C)C1CCC2=O. The molecule has 0 heterocycles. The summed E-state index contributed by atoms with van der Waals surface area (Å²) in [6.45, 7) is 4.47. The van der Waals surface area contributed by atoms with E-state index >= 15 is 0 Å². The molecule has 23 heavy (non-hydrogen) atoms. The van der Waals surface area contributed by atoms with Crippen molar-refractivity contribution >= 4 is 17.9 Å². The van der Waals surface area contributed by atoms with Gasteiger partial charge in [0.25, 0.3) is 0 Å². The summed E-state index contributed by atoms with van der Waals surface area (Å²) in [6, 6.07) is 0. The highest BCUT2D eigenvalue weighted by Crippen LogP contribution is 2.64. The average molecular weight is 316 g/mol. The maximum atomic E-state index is 12.9. The Balaban J connectivity index is 1.67. The van der Waals surface area contributed by atoms with Gasteiger partial charge >= 0.3 is 0 Å². The zero-order valence-corrected chi connectivity index (χ0v) is 14.3. The van der Waals surface area contributed by atoms with Crippen molar-refractivity contribution in [3.05, 3.63) is 0 Å². The van der Waals surface area contributed by atoms with Crippen LogP contribution in [0.2, 0.25) is 0 Å². The molecule has 4 aliphatic carbocycles. The van der Waals surface area contributed by atoms with Crippen LogP contribution in [0.1, 0.15) is 65.2 Å². The van der Waals surface area contributed by atoms with E-state index < -0.39 is 0 Å². The third-order valence-corrected chi connectivity index (χ3v) is 8.40. The van der Waals surface area contributed by atoms with Gasteiger partial charge in [0, 0.05) is 30.1 Å². The fourth-order valence-corrected chi connectivity index (χ4v) is 6.96. The molecule has 0 spiro atoms. The summed E-state index contributed by atoms with van der Waals surface area (Å²) < 4.78 is 0. The van der Waals surface area contributed by atoms with E-state index in [0.29, 0.717) is 42.2 Å². The maximum absolute atomic E-state index is 12.9. The van der Waals surface area contributed by atoms with E-state index in [2.05, 4.69) is 13.8 Å². The fraction of sp³-hybridized carbons (Fsp3) is 0.850. The Labute approximate surface area is 138 Å². The number of hydrogen-bond acceptors (Lipinski definition) is 3. The molecule has 0 saturated heterocycles. The lowest BCUT2D eigenvalue weighted by molar-refractivity contribution is -0.158. The Morgan fingerprint density at radius 3 is 2.57 bits per heavy atom. The van der Waals surface area contributed by atoms with E-state index in [-0.39, 0.29) is 22.7 Å². The Kier molecular flexibility index (Phi) is 3.38. The molecule has 0 aliphatic heterocycles. The normalized spacial score (nSPS) is 52.5. The van der Waals surface area contributed by atoms with Crippen LogP contribution < -0.4 is 0 Å². The molecule has 7 unspecified atom stereocenters. The van der Waals surface area contributed by atoms with Crippen LogP contribution in [0.4, 0.5) is 0 Å². The van der Waals surface area contributed by atoms with Crippen molar-refractivity contribution in [1.82, 2.24) is 0 Å². The molecule has 0 aromatic heterocycles. The van der Waals surface area contributed by atoms with Crippen LogP contribution in [0.5, 0.6) is 0 Å². The Morgan fingerprint density at radius 1 is 1.04 bits per heavy atom. The van der Waals surface area contributed by atoms with Gasteiger partial charge in [-0.2, -0.15) is 0 Å². The molecule has 0 aromatic carbocycles. The smallest absolute Gasteiger partial charge is 0.139 e. The first-order valence-corrected chi connectivity index (χ1v) is 9.41. The number of carbonyl (C=O) groups is 3. The first-order chi connectivity index (χ1) is 10.9. The van der Waals surface area contributed by atoms with Crippen LogP contribution in [0.3, 0.4) is 0 Å². The van der Waals surface area contributed by atoms with Crippen LogP contribution in [0, 0.1) is 40.4 Å². The van der Waals surface area contributed by atoms with Crippen LogP contribution >= 0.6 is 0 Å². The molecular weight excluding hydrogens is 288 g/mol. The summed E-state index contributed by atoms with van der Waals surface area (Å²) in [4.78, 5) is 36.5. The number of carbonyl (C=O) groups excluding carboxylic acids is 3. The minimum Gasteiger partial charge on any atom is -0.303 e. The van der Waals surface area contributed by atoms with Crippen LogP contribution in [0.25, 0.3) is 0 Å². The van der Waals surface area contributed by atoms with Crippen molar-refractivity contribution in [2.24, 2.45) is 40.4 Å². The maximum Gasteiger partial charge on any atom is 0.139 e. The zero-order chi connectivity index (χ0) is 16.4. The summed E-state index contributed by atoms with van der Waals surface area (Å²) in [5.74, 6) is 2.36. The first-order valence-electron chi connectivity index (χ1n) is 9.41. The molecule has 4 fully saturated rings. The van der Waals surface area contributed by atoms with Crippen LogP contribution in [-0.4, -0.2) is 17.9 Å². The summed E-state index contributed by atoms with van der Waals surface area (Å²) >= 11 is 0. The van der Waals surface area contributed by atoms with Gasteiger partial charge in [-0.3, -0.25) is 9.59 Å². The van der Waals surface area contributed by atoms with Gasteiger partial charge in [0.2, 0.25) is 0 Å². The third-order valence-electron chi connectivity index (χ3n) is 8.40. The molecule has 0 N–H and O–H groups in total.